The Hall–Kier alpha value is -2.22. The third-order valence-corrected chi connectivity index (χ3v) is 3.41. The van der Waals surface area contributed by atoms with E-state index in [0.717, 1.165) is 9.86 Å². The largest absolute Gasteiger partial charge is 0.357 e. The van der Waals surface area contributed by atoms with E-state index in [1.165, 1.54) is 12.1 Å². The Morgan fingerprint density at radius 1 is 1.30 bits per heavy atom. The number of nitrogens with zero attached hydrogens (tertiary/aromatic N) is 3. The first-order valence-corrected chi connectivity index (χ1v) is 6.57. The van der Waals surface area contributed by atoms with Crippen LogP contribution in [0, 0.1) is 5.82 Å². The number of aromatic amines is 1. The minimum absolute atomic E-state index is 0.331. The molecule has 3 aromatic rings. The second kappa shape index (κ2) is 5.04. The van der Waals surface area contributed by atoms with Gasteiger partial charge in [0.2, 0.25) is 5.95 Å². The SMILES string of the molecule is CNc1nc(Nc2cc(F)ccc2Br)c2cn[nH]c2n1. The number of rotatable bonds is 3. The van der Waals surface area contributed by atoms with Crippen molar-refractivity contribution in [2.45, 2.75) is 0 Å². The third-order valence-electron chi connectivity index (χ3n) is 2.71. The number of hydrogen-bond donors (Lipinski definition) is 3. The first kappa shape index (κ1) is 12.8. The van der Waals surface area contributed by atoms with Crippen LogP contribution < -0.4 is 10.6 Å². The number of aromatic nitrogens is 4. The van der Waals surface area contributed by atoms with E-state index in [1.807, 2.05) is 0 Å². The van der Waals surface area contributed by atoms with Crippen molar-refractivity contribution < 1.29 is 4.39 Å². The average Bonchev–Trinajstić information content (AvgIpc) is 2.91. The molecule has 20 heavy (non-hydrogen) atoms. The predicted molar refractivity (Wildman–Crippen MR) is 78.6 cm³/mol. The van der Waals surface area contributed by atoms with Gasteiger partial charge in [-0.3, -0.25) is 5.10 Å². The van der Waals surface area contributed by atoms with Crippen LogP contribution in [0.3, 0.4) is 0 Å². The Morgan fingerprint density at radius 3 is 2.95 bits per heavy atom. The summed E-state index contributed by atoms with van der Waals surface area (Å²) in [6.45, 7) is 0. The molecule has 0 aliphatic rings. The molecule has 0 spiro atoms. The Morgan fingerprint density at radius 2 is 2.15 bits per heavy atom. The standard InChI is InChI=1S/C12H10BrFN6/c1-15-12-18-10(7-5-16-20-11(7)19-12)17-9-4-6(14)2-3-8(9)13/h2-5H,1H3,(H3,15,16,17,18,19,20). The van der Waals surface area contributed by atoms with Crippen LogP contribution in [0.4, 0.5) is 21.8 Å². The molecule has 0 saturated heterocycles. The fraction of sp³-hybridized carbons (Fsp3) is 0.0833. The van der Waals surface area contributed by atoms with Gasteiger partial charge in [0.1, 0.15) is 11.6 Å². The molecule has 0 radical (unpaired) electrons. The van der Waals surface area contributed by atoms with Crippen molar-refractivity contribution in [3.8, 4) is 0 Å². The second-order valence-corrected chi connectivity index (χ2v) is 4.88. The molecule has 0 amide bonds. The van der Waals surface area contributed by atoms with Gasteiger partial charge in [-0.25, -0.2) is 4.39 Å². The first-order valence-electron chi connectivity index (χ1n) is 5.78. The molecule has 3 N–H and O–H groups in total. The van der Waals surface area contributed by atoms with E-state index in [-0.39, 0.29) is 5.82 Å². The van der Waals surface area contributed by atoms with Crippen molar-refractivity contribution in [1.29, 1.82) is 0 Å². The molecule has 3 rings (SSSR count). The molecule has 0 atom stereocenters. The van der Waals surface area contributed by atoms with Gasteiger partial charge in [0.15, 0.2) is 5.65 Å². The maximum absolute atomic E-state index is 13.3. The molecular weight excluding hydrogens is 327 g/mol. The lowest BCUT2D eigenvalue weighted by atomic mass is 10.3. The summed E-state index contributed by atoms with van der Waals surface area (Å²) in [6.07, 6.45) is 1.62. The summed E-state index contributed by atoms with van der Waals surface area (Å²) in [4.78, 5) is 8.55. The van der Waals surface area contributed by atoms with E-state index >= 15 is 0 Å². The smallest absolute Gasteiger partial charge is 0.226 e. The highest BCUT2D eigenvalue weighted by Crippen LogP contribution is 2.29. The third kappa shape index (κ3) is 2.29. The molecule has 0 aliphatic carbocycles. The minimum Gasteiger partial charge on any atom is -0.357 e. The Balaban J connectivity index is 2.09. The first-order chi connectivity index (χ1) is 9.67. The topological polar surface area (TPSA) is 78.5 Å². The maximum Gasteiger partial charge on any atom is 0.226 e. The van der Waals surface area contributed by atoms with E-state index in [1.54, 1.807) is 19.3 Å². The van der Waals surface area contributed by atoms with Crippen LogP contribution in [0.5, 0.6) is 0 Å². The highest BCUT2D eigenvalue weighted by atomic mass is 79.9. The van der Waals surface area contributed by atoms with Crippen LogP contribution in [0.15, 0.2) is 28.9 Å². The van der Waals surface area contributed by atoms with Crippen molar-refractivity contribution in [3.05, 3.63) is 34.7 Å². The predicted octanol–water partition coefficient (Wildman–Crippen LogP) is 3.04. The molecule has 8 heteroatoms. The summed E-state index contributed by atoms with van der Waals surface area (Å²) in [5, 5.41) is 13.4. The summed E-state index contributed by atoms with van der Waals surface area (Å²) < 4.78 is 14.1. The molecule has 0 fully saturated rings. The van der Waals surface area contributed by atoms with Crippen LogP contribution in [0.2, 0.25) is 0 Å². The number of anilines is 3. The fourth-order valence-corrected chi connectivity index (χ4v) is 2.11. The maximum atomic E-state index is 13.3. The van der Waals surface area contributed by atoms with E-state index < -0.39 is 0 Å². The van der Waals surface area contributed by atoms with Gasteiger partial charge in [-0.05, 0) is 34.1 Å². The van der Waals surface area contributed by atoms with E-state index in [9.17, 15) is 4.39 Å². The number of benzene rings is 1. The lowest BCUT2D eigenvalue weighted by Gasteiger charge is -2.10. The molecule has 0 aliphatic heterocycles. The number of fused-ring (bicyclic) bond motifs is 1. The van der Waals surface area contributed by atoms with Crippen LogP contribution in [-0.2, 0) is 0 Å². The number of H-pyrrole nitrogens is 1. The monoisotopic (exact) mass is 336 g/mol. The molecule has 102 valence electrons. The molecule has 0 unspecified atom stereocenters. The van der Waals surface area contributed by atoms with Crippen molar-refractivity contribution in [2.24, 2.45) is 0 Å². The highest BCUT2D eigenvalue weighted by molar-refractivity contribution is 9.10. The van der Waals surface area contributed by atoms with Gasteiger partial charge < -0.3 is 10.6 Å². The van der Waals surface area contributed by atoms with Crippen molar-refractivity contribution in [2.75, 3.05) is 17.7 Å². The van der Waals surface area contributed by atoms with Gasteiger partial charge in [0, 0.05) is 11.5 Å². The van der Waals surface area contributed by atoms with Crippen LogP contribution in [0.1, 0.15) is 0 Å². The summed E-state index contributed by atoms with van der Waals surface area (Å²) in [5.41, 5.74) is 1.17. The van der Waals surface area contributed by atoms with Crippen molar-refractivity contribution in [1.82, 2.24) is 20.2 Å². The zero-order valence-electron chi connectivity index (χ0n) is 10.4. The van der Waals surface area contributed by atoms with Gasteiger partial charge >= 0.3 is 0 Å². The van der Waals surface area contributed by atoms with Crippen LogP contribution in [-0.4, -0.2) is 27.2 Å². The van der Waals surface area contributed by atoms with Crippen molar-refractivity contribution >= 4 is 44.4 Å². The molecule has 6 nitrogen and oxygen atoms in total. The van der Waals surface area contributed by atoms with Crippen LogP contribution >= 0.6 is 15.9 Å². The zero-order valence-corrected chi connectivity index (χ0v) is 12.0. The van der Waals surface area contributed by atoms with E-state index in [0.29, 0.717) is 23.1 Å². The minimum atomic E-state index is -0.331. The fourth-order valence-electron chi connectivity index (χ4n) is 1.76. The van der Waals surface area contributed by atoms with E-state index in [4.69, 9.17) is 0 Å². The van der Waals surface area contributed by atoms with Crippen LogP contribution in [0.25, 0.3) is 11.0 Å². The lowest BCUT2D eigenvalue weighted by Crippen LogP contribution is -2.02. The van der Waals surface area contributed by atoms with Gasteiger partial charge in [0.25, 0.3) is 0 Å². The summed E-state index contributed by atoms with van der Waals surface area (Å²) in [5.74, 6) is 0.651. The molecule has 1 aromatic carbocycles. The number of hydrogen-bond acceptors (Lipinski definition) is 5. The quantitative estimate of drug-likeness (QED) is 0.685. The Kier molecular flexibility index (Phi) is 3.23. The summed E-state index contributed by atoms with van der Waals surface area (Å²) in [7, 11) is 1.72. The van der Waals surface area contributed by atoms with Gasteiger partial charge in [-0.15, -0.1) is 0 Å². The Bertz CT molecular complexity index is 772. The summed E-state index contributed by atoms with van der Waals surface area (Å²) >= 11 is 3.37. The van der Waals surface area contributed by atoms with Gasteiger partial charge in [-0.1, -0.05) is 0 Å². The van der Waals surface area contributed by atoms with Gasteiger partial charge in [-0.2, -0.15) is 15.1 Å². The normalized spacial score (nSPS) is 10.8. The molecule has 2 aromatic heterocycles. The summed E-state index contributed by atoms with van der Waals surface area (Å²) in [6, 6.07) is 4.39. The highest BCUT2D eigenvalue weighted by Gasteiger charge is 2.11. The molecule has 2 heterocycles. The average molecular weight is 337 g/mol. The lowest BCUT2D eigenvalue weighted by molar-refractivity contribution is 0.628. The molecule has 0 saturated carbocycles. The Labute approximate surface area is 122 Å². The van der Waals surface area contributed by atoms with E-state index in [2.05, 4.69) is 46.7 Å². The molecular formula is C12H10BrFN6. The second-order valence-electron chi connectivity index (χ2n) is 4.03. The zero-order chi connectivity index (χ0) is 14.1. The van der Waals surface area contributed by atoms with Crippen molar-refractivity contribution in [3.63, 3.8) is 0 Å². The number of halogens is 2. The number of nitrogens with one attached hydrogen (secondary N) is 3. The molecule has 0 bridgehead atoms. The van der Waals surface area contributed by atoms with Gasteiger partial charge in [0.05, 0.1) is 17.3 Å².